The van der Waals surface area contributed by atoms with E-state index in [1.165, 1.54) is 6.42 Å². The van der Waals surface area contributed by atoms with Gasteiger partial charge < -0.3 is 10.6 Å². The molecule has 1 aliphatic heterocycles. The van der Waals surface area contributed by atoms with E-state index in [0.717, 1.165) is 13.0 Å². The Balaban J connectivity index is 2.24. The van der Waals surface area contributed by atoms with E-state index in [1.54, 1.807) is 0 Å². The average molecular weight is 184 g/mol. The van der Waals surface area contributed by atoms with Gasteiger partial charge in [-0.05, 0) is 40.2 Å². The van der Waals surface area contributed by atoms with Crippen molar-refractivity contribution in [3.8, 4) is 0 Å². The number of nitrogens with one attached hydrogen (secondary N) is 2. The molecule has 3 heteroatoms. The van der Waals surface area contributed by atoms with Crippen LogP contribution >= 0.6 is 0 Å². The van der Waals surface area contributed by atoms with Crippen LogP contribution in [0.1, 0.15) is 40.0 Å². The van der Waals surface area contributed by atoms with E-state index in [1.807, 2.05) is 20.8 Å². The monoisotopic (exact) mass is 184 g/mol. The van der Waals surface area contributed by atoms with Gasteiger partial charge in [-0.15, -0.1) is 0 Å². The van der Waals surface area contributed by atoms with Gasteiger partial charge in [0.15, 0.2) is 0 Å². The zero-order valence-electron chi connectivity index (χ0n) is 8.81. The van der Waals surface area contributed by atoms with Crippen LogP contribution < -0.4 is 10.6 Å². The molecule has 1 aliphatic rings. The number of rotatable bonds is 2. The van der Waals surface area contributed by atoms with Crippen LogP contribution in [0.3, 0.4) is 0 Å². The summed E-state index contributed by atoms with van der Waals surface area (Å²) in [5.41, 5.74) is -0.102. The molecule has 76 valence electrons. The Bertz CT molecular complexity index is 178. The Morgan fingerprint density at radius 2 is 2.23 bits per heavy atom. The lowest BCUT2D eigenvalue weighted by Gasteiger charge is -2.21. The second-order valence-corrected chi connectivity index (χ2v) is 4.80. The fraction of sp³-hybridized carbons (Fsp3) is 0.900. The van der Waals surface area contributed by atoms with Crippen molar-refractivity contribution in [3.63, 3.8) is 0 Å². The van der Waals surface area contributed by atoms with Gasteiger partial charge in [0.25, 0.3) is 0 Å². The van der Waals surface area contributed by atoms with Crippen LogP contribution in [0.5, 0.6) is 0 Å². The Hall–Kier alpha value is -0.570. The largest absolute Gasteiger partial charge is 0.351 e. The fourth-order valence-corrected chi connectivity index (χ4v) is 1.62. The molecule has 0 bridgehead atoms. The molecule has 0 saturated carbocycles. The van der Waals surface area contributed by atoms with Gasteiger partial charge in [0.1, 0.15) is 0 Å². The maximum atomic E-state index is 11.5. The minimum Gasteiger partial charge on any atom is -0.351 e. The van der Waals surface area contributed by atoms with Crippen LogP contribution in [0.2, 0.25) is 0 Å². The number of carbonyl (C=O) groups excluding carboxylic acids is 1. The maximum Gasteiger partial charge on any atom is 0.221 e. The van der Waals surface area contributed by atoms with Gasteiger partial charge in [0, 0.05) is 18.0 Å². The van der Waals surface area contributed by atoms with E-state index < -0.39 is 0 Å². The summed E-state index contributed by atoms with van der Waals surface area (Å²) < 4.78 is 0. The summed E-state index contributed by atoms with van der Waals surface area (Å²) in [7, 11) is 0. The van der Waals surface area contributed by atoms with Gasteiger partial charge in [-0.25, -0.2) is 0 Å². The van der Waals surface area contributed by atoms with Crippen molar-refractivity contribution in [3.05, 3.63) is 0 Å². The van der Waals surface area contributed by atoms with E-state index in [-0.39, 0.29) is 11.4 Å². The lowest BCUT2D eigenvalue weighted by Crippen LogP contribution is -2.42. The SMILES string of the molecule is CC(C)(C)NC(=O)CC1CCCN1. The Labute approximate surface area is 80.3 Å². The molecule has 1 saturated heterocycles. The summed E-state index contributed by atoms with van der Waals surface area (Å²) in [5, 5.41) is 6.28. The van der Waals surface area contributed by atoms with Crippen LogP contribution in [0.15, 0.2) is 0 Å². The lowest BCUT2D eigenvalue weighted by atomic mass is 10.1. The van der Waals surface area contributed by atoms with Crippen molar-refractivity contribution in [2.75, 3.05) is 6.54 Å². The molecule has 1 unspecified atom stereocenters. The summed E-state index contributed by atoms with van der Waals surface area (Å²) in [6, 6.07) is 0.405. The van der Waals surface area contributed by atoms with Gasteiger partial charge in [-0.2, -0.15) is 0 Å². The summed E-state index contributed by atoms with van der Waals surface area (Å²) in [6.07, 6.45) is 2.96. The van der Waals surface area contributed by atoms with E-state index in [0.29, 0.717) is 12.5 Å². The second-order valence-electron chi connectivity index (χ2n) is 4.80. The molecule has 1 atom stereocenters. The van der Waals surface area contributed by atoms with Crippen LogP contribution in [0, 0.1) is 0 Å². The van der Waals surface area contributed by atoms with Crippen LogP contribution in [0.25, 0.3) is 0 Å². The normalized spacial score (nSPS) is 23.2. The van der Waals surface area contributed by atoms with Crippen molar-refractivity contribution in [2.24, 2.45) is 0 Å². The Morgan fingerprint density at radius 3 is 2.69 bits per heavy atom. The second kappa shape index (κ2) is 4.09. The molecular weight excluding hydrogens is 164 g/mol. The molecule has 3 nitrogen and oxygen atoms in total. The number of amides is 1. The van der Waals surface area contributed by atoms with Gasteiger partial charge in [0.05, 0.1) is 0 Å². The van der Waals surface area contributed by atoms with E-state index in [4.69, 9.17) is 0 Å². The predicted molar refractivity (Wildman–Crippen MR) is 53.5 cm³/mol. The number of hydrogen-bond acceptors (Lipinski definition) is 2. The van der Waals surface area contributed by atoms with Gasteiger partial charge in [-0.1, -0.05) is 0 Å². The summed E-state index contributed by atoms with van der Waals surface area (Å²) >= 11 is 0. The molecule has 0 aliphatic carbocycles. The summed E-state index contributed by atoms with van der Waals surface area (Å²) in [6.45, 7) is 7.08. The fourth-order valence-electron chi connectivity index (χ4n) is 1.62. The molecule has 0 aromatic carbocycles. The lowest BCUT2D eigenvalue weighted by molar-refractivity contribution is -0.122. The summed E-state index contributed by atoms with van der Waals surface area (Å²) in [4.78, 5) is 11.5. The Morgan fingerprint density at radius 1 is 1.54 bits per heavy atom. The highest BCUT2D eigenvalue weighted by Gasteiger charge is 2.20. The molecular formula is C10H20N2O. The molecule has 1 amide bonds. The van der Waals surface area contributed by atoms with Crippen molar-refractivity contribution in [2.45, 2.75) is 51.6 Å². The molecule has 2 N–H and O–H groups in total. The molecule has 0 radical (unpaired) electrons. The van der Waals surface area contributed by atoms with Crippen molar-refractivity contribution in [1.29, 1.82) is 0 Å². The first-order valence-electron chi connectivity index (χ1n) is 5.02. The average Bonchev–Trinajstić information content (AvgIpc) is 2.34. The molecule has 13 heavy (non-hydrogen) atoms. The smallest absolute Gasteiger partial charge is 0.221 e. The van der Waals surface area contributed by atoms with E-state index >= 15 is 0 Å². The highest BCUT2D eigenvalue weighted by Crippen LogP contribution is 2.09. The topological polar surface area (TPSA) is 41.1 Å². The molecule has 1 rings (SSSR count). The molecule has 0 spiro atoms. The van der Waals surface area contributed by atoms with E-state index in [2.05, 4.69) is 10.6 Å². The van der Waals surface area contributed by atoms with Crippen LogP contribution in [-0.2, 0) is 4.79 Å². The molecule has 0 aromatic rings. The third-order valence-corrected chi connectivity index (χ3v) is 2.11. The zero-order chi connectivity index (χ0) is 9.90. The molecule has 1 heterocycles. The van der Waals surface area contributed by atoms with Gasteiger partial charge >= 0.3 is 0 Å². The predicted octanol–water partition coefficient (Wildman–Crippen LogP) is 1.04. The quantitative estimate of drug-likeness (QED) is 0.673. The van der Waals surface area contributed by atoms with Crippen molar-refractivity contribution < 1.29 is 4.79 Å². The first kappa shape index (κ1) is 10.5. The Kier molecular flexibility index (Phi) is 3.31. The maximum absolute atomic E-state index is 11.5. The summed E-state index contributed by atoms with van der Waals surface area (Å²) in [5.74, 6) is 0.159. The highest BCUT2D eigenvalue weighted by molar-refractivity contribution is 5.77. The molecule has 0 aromatic heterocycles. The first-order chi connectivity index (χ1) is 5.97. The van der Waals surface area contributed by atoms with Crippen molar-refractivity contribution >= 4 is 5.91 Å². The van der Waals surface area contributed by atoms with Gasteiger partial charge in [-0.3, -0.25) is 4.79 Å². The first-order valence-corrected chi connectivity index (χ1v) is 5.02. The van der Waals surface area contributed by atoms with Crippen LogP contribution in [0.4, 0.5) is 0 Å². The number of hydrogen-bond donors (Lipinski definition) is 2. The standard InChI is InChI=1S/C10H20N2O/c1-10(2,3)12-9(13)7-8-5-4-6-11-8/h8,11H,4-7H2,1-3H3,(H,12,13). The minimum absolute atomic E-state index is 0.102. The molecule has 1 fully saturated rings. The van der Waals surface area contributed by atoms with Gasteiger partial charge in [0.2, 0.25) is 5.91 Å². The van der Waals surface area contributed by atoms with Crippen molar-refractivity contribution in [1.82, 2.24) is 10.6 Å². The third-order valence-electron chi connectivity index (χ3n) is 2.11. The zero-order valence-corrected chi connectivity index (χ0v) is 8.81. The number of carbonyl (C=O) groups is 1. The van der Waals surface area contributed by atoms with Crippen LogP contribution in [-0.4, -0.2) is 24.0 Å². The minimum atomic E-state index is -0.102. The third kappa shape index (κ3) is 4.27. The van der Waals surface area contributed by atoms with E-state index in [9.17, 15) is 4.79 Å². The highest BCUT2D eigenvalue weighted by atomic mass is 16.1.